The van der Waals surface area contributed by atoms with Crippen molar-refractivity contribution in [1.29, 1.82) is 0 Å². The lowest BCUT2D eigenvalue weighted by Gasteiger charge is -2.00. The molecule has 0 fully saturated rings. The highest BCUT2D eigenvalue weighted by atomic mass is 16.5. The molecule has 2 rings (SSSR count). The van der Waals surface area contributed by atoms with E-state index >= 15 is 0 Å². The van der Waals surface area contributed by atoms with Gasteiger partial charge in [0.05, 0.1) is 19.2 Å². The number of nitrogens with one attached hydrogen (secondary N) is 1. The smallest absolute Gasteiger partial charge is 0.359 e. The Bertz CT molecular complexity index is 504. The molecule has 0 saturated carbocycles. The molecule has 2 aromatic rings. The zero-order chi connectivity index (χ0) is 10.8. The quantitative estimate of drug-likeness (QED) is 0.714. The van der Waals surface area contributed by atoms with Crippen molar-refractivity contribution in [1.82, 2.24) is 10.2 Å². The van der Waals surface area contributed by atoms with Crippen LogP contribution < -0.4 is 0 Å². The molecule has 5 nitrogen and oxygen atoms in total. The first kappa shape index (κ1) is 9.67. The zero-order valence-electron chi connectivity index (χ0n) is 8.15. The third kappa shape index (κ3) is 1.46. The van der Waals surface area contributed by atoms with Gasteiger partial charge >= 0.3 is 5.97 Å². The van der Waals surface area contributed by atoms with Gasteiger partial charge < -0.3 is 9.84 Å². The molecule has 0 amide bonds. The summed E-state index contributed by atoms with van der Waals surface area (Å²) in [6.07, 6.45) is 0. The van der Waals surface area contributed by atoms with Crippen LogP contribution in [-0.4, -0.2) is 28.4 Å². The topological polar surface area (TPSA) is 75.2 Å². The molecule has 0 aliphatic rings. The van der Waals surface area contributed by atoms with Gasteiger partial charge in [0.2, 0.25) is 0 Å². The highest BCUT2D eigenvalue weighted by Crippen LogP contribution is 2.21. The maximum absolute atomic E-state index is 11.4. The number of hydrogen-bond acceptors (Lipinski definition) is 4. The number of aliphatic hydroxyl groups excluding tert-OH is 1. The molecule has 1 aromatic heterocycles. The van der Waals surface area contributed by atoms with Crippen LogP contribution in [0.2, 0.25) is 0 Å². The van der Waals surface area contributed by atoms with Gasteiger partial charge in [0.15, 0.2) is 5.69 Å². The number of esters is 1. The van der Waals surface area contributed by atoms with Gasteiger partial charge in [-0.1, -0.05) is 12.1 Å². The normalized spacial score (nSPS) is 10.5. The first-order chi connectivity index (χ1) is 7.27. The third-order valence-electron chi connectivity index (χ3n) is 2.22. The summed E-state index contributed by atoms with van der Waals surface area (Å²) in [5.41, 5.74) is 1.57. The van der Waals surface area contributed by atoms with Crippen molar-refractivity contribution >= 4 is 16.9 Å². The van der Waals surface area contributed by atoms with Crippen LogP contribution in [-0.2, 0) is 11.3 Å². The van der Waals surface area contributed by atoms with Crippen LogP contribution >= 0.6 is 0 Å². The Morgan fingerprint density at radius 1 is 1.60 bits per heavy atom. The maximum Gasteiger partial charge on any atom is 0.359 e. The molecule has 2 N–H and O–H groups in total. The number of rotatable bonds is 2. The largest absolute Gasteiger partial charge is 0.464 e. The molecule has 0 aliphatic heterocycles. The Labute approximate surface area is 85.7 Å². The molecule has 0 spiro atoms. The highest BCUT2D eigenvalue weighted by molar-refractivity contribution is 6.03. The summed E-state index contributed by atoms with van der Waals surface area (Å²) in [6, 6.07) is 5.31. The van der Waals surface area contributed by atoms with Gasteiger partial charge in [0, 0.05) is 5.39 Å². The Hall–Kier alpha value is -1.88. The van der Waals surface area contributed by atoms with Crippen LogP contribution in [0, 0.1) is 0 Å². The molecule has 0 aliphatic carbocycles. The average Bonchev–Trinajstić information content (AvgIpc) is 2.71. The minimum atomic E-state index is -0.512. The molecule has 15 heavy (non-hydrogen) atoms. The van der Waals surface area contributed by atoms with Crippen LogP contribution in [0.3, 0.4) is 0 Å². The third-order valence-corrected chi connectivity index (χ3v) is 2.22. The number of aliphatic hydroxyl groups is 1. The molecular formula is C10H10N2O3. The molecular weight excluding hydrogens is 196 g/mol. The fourth-order valence-corrected chi connectivity index (χ4v) is 1.52. The van der Waals surface area contributed by atoms with Crippen LogP contribution in [0.1, 0.15) is 16.1 Å². The summed E-state index contributed by atoms with van der Waals surface area (Å²) in [7, 11) is 1.30. The molecule has 0 saturated heterocycles. The number of aromatic amines is 1. The second-order valence-electron chi connectivity index (χ2n) is 3.06. The van der Waals surface area contributed by atoms with Crippen LogP contribution in [0.15, 0.2) is 18.2 Å². The number of carbonyl (C=O) groups excluding carboxylic acids is 1. The summed E-state index contributed by atoms with van der Waals surface area (Å²) in [5, 5.41) is 16.3. The van der Waals surface area contributed by atoms with Gasteiger partial charge in [0.25, 0.3) is 0 Å². The van der Waals surface area contributed by atoms with Gasteiger partial charge in [0.1, 0.15) is 0 Å². The number of benzene rings is 1. The number of hydrogen-bond donors (Lipinski definition) is 2. The highest BCUT2D eigenvalue weighted by Gasteiger charge is 2.16. The second-order valence-corrected chi connectivity index (χ2v) is 3.06. The van der Waals surface area contributed by atoms with E-state index in [4.69, 9.17) is 5.11 Å². The molecule has 0 bridgehead atoms. The van der Waals surface area contributed by atoms with Crippen molar-refractivity contribution in [2.75, 3.05) is 7.11 Å². The second kappa shape index (κ2) is 3.70. The van der Waals surface area contributed by atoms with E-state index in [9.17, 15) is 4.79 Å². The molecule has 78 valence electrons. The van der Waals surface area contributed by atoms with E-state index < -0.39 is 5.97 Å². The molecule has 1 heterocycles. The fraction of sp³-hybridized carbons (Fsp3) is 0.200. The average molecular weight is 206 g/mol. The zero-order valence-corrected chi connectivity index (χ0v) is 8.15. The van der Waals surface area contributed by atoms with E-state index in [-0.39, 0.29) is 12.3 Å². The number of ether oxygens (including phenoxy) is 1. The Kier molecular flexibility index (Phi) is 2.39. The lowest BCUT2D eigenvalue weighted by atomic mass is 10.1. The first-order valence-electron chi connectivity index (χ1n) is 4.43. The van der Waals surface area contributed by atoms with E-state index in [2.05, 4.69) is 14.9 Å². The van der Waals surface area contributed by atoms with E-state index in [1.165, 1.54) is 7.11 Å². The molecule has 5 heteroatoms. The number of nitrogens with zero attached hydrogens (tertiary/aromatic N) is 1. The summed E-state index contributed by atoms with van der Waals surface area (Å²) in [6.45, 7) is -0.138. The van der Waals surface area contributed by atoms with Crippen LogP contribution in [0.25, 0.3) is 10.9 Å². The number of fused-ring (bicyclic) bond motifs is 1. The Morgan fingerprint density at radius 2 is 2.40 bits per heavy atom. The first-order valence-corrected chi connectivity index (χ1v) is 4.43. The van der Waals surface area contributed by atoms with Crippen molar-refractivity contribution in [2.45, 2.75) is 6.61 Å². The van der Waals surface area contributed by atoms with Crippen molar-refractivity contribution in [2.24, 2.45) is 0 Å². The maximum atomic E-state index is 11.4. The monoisotopic (exact) mass is 206 g/mol. The van der Waals surface area contributed by atoms with Gasteiger partial charge in [-0.15, -0.1) is 0 Å². The number of aromatic nitrogens is 2. The summed E-state index contributed by atoms with van der Waals surface area (Å²) < 4.78 is 4.60. The van der Waals surface area contributed by atoms with Gasteiger partial charge in [-0.05, 0) is 11.6 Å². The van der Waals surface area contributed by atoms with E-state index in [1.54, 1.807) is 18.2 Å². The minimum Gasteiger partial charge on any atom is -0.464 e. The number of H-pyrrole nitrogens is 1. The van der Waals surface area contributed by atoms with E-state index in [0.717, 1.165) is 0 Å². The molecule has 0 radical (unpaired) electrons. The SMILES string of the molecule is COC(=O)c1n[nH]c2cccc(CO)c12. The summed E-state index contributed by atoms with van der Waals surface area (Å²) >= 11 is 0. The lowest BCUT2D eigenvalue weighted by Crippen LogP contribution is -2.03. The van der Waals surface area contributed by atoms with Crippen molar-refractivity contribution < 1.29 is 14.6 Å². The molecule has 1 aromatic carbocycles. The molecule has 0 unspecified atom stereocenters. The fourth-order valence-electron chi connectivity index (χ4n) is 1.52. The van der Waals surface area contributed by atoms with Gasteiger partial charge in [-0.3, -0.25) is 5.10 Å². The number of carbonyl (C=O) groups is 1. The summed E-state index contributed by atoms with van der Waals surface area (Å²) in [4.78, 5) is 11.4. The minimum absolute atomic E-state index is 0.138. The van der Waals surface area contributed by atoms with Crippen LogP contribution in [0.4, 0.5) is 0 Å². The Morgan fingerprint density at radius 3 is 3.07 bits per heavy atom. The van der Waals surface area contributed by atoms with Gasteiger partial charge in [-0.2, -0.15) is 5.10 Å². The van der Waals surface area contributed by atoms with Crippen LogP contribution in [0.5, 0.6) is 0 Å². The number of methoxy groups -OCH3 is 1. The van der Waals surface area contributed by atoms with E-state index in [0.29, 0.717) is 16.5 Å². The van der Waals surface area contributed by atoms with E-state index in [1.807, 2.05) is 0 Å². The standard InChI is InChI=1S/C10H10N2O3/c1-15-10(14)9-8-6(5-13)3-2-4-7(8)11-12-9/h2-4,13H,5H2,1H3,(H,11,12). The lowest BCUT2D eigenvalue weighted by molar-refractivity contribution is 0.0596. The van der Waals surface area contributed by atoms with Crippen molar-refractivity contribution in [3.05, 3.63) is 29.5 Å². The van der Waals surface area contributed by atoms with Crippen molar-refractivity contribution in [3.63, 3.8) is 0 Å². The predicted molar refractivity (Wildman–Crippen MR) is 53.4 cm³/mol. The van der Waals surface area contributed by atoms with Crippen molar-refractivity contribution in [3.8, 4) is 0 Å². The summed E-state index contributed by atoms with van der Waals surface area (Å²) in [5.74, 6) is -0.512. The Balaban J connectivity index is 2.71. The van der Waals surface area contributed by atoms with Gasteiger partial charge in [-0.25, -0.2) is 4.79 Å². The predicted octanol–water partition coefficient (Wildman–Crippen LogP) is 0.842. The molecule has 0 atom stereocenters.